The summed E-state index contributed by atoms with van der Waals surface area (Å²) >= 11 is 5.22. The maximum Gasteiger partial charge on any atom is 0.171 e. The fourth-order valence-electron chi connectivity index (χ4n) is 1.74. The number of aromatic nitrogens is 2. The lowest BCUT2D eigenvalue weighted by atomic mass is 10.1. The number of carbonyl (C=O) groups is 1. The number of nitrogens with one attached hydrogen (secondary N) is 2. The third-order valence-corrected chi connectivity index (χ3v) is 3.13. The molecule has 0 spiro atoms. The summed E-state index contributed by atoms with van der Waals surface area (Å²) in [6.45, 7) is 2.13. The van der Waals surface area contributed by atoms with Gasteiger partial charge in [-0.15, -0.1) is 0 Å². The lowest BCUT2D eigenvalue weighted by Gasteiger charge is -2.11. The van der Waals surface area contributed by atoms with E-state index in [-0.39, 0.29) is 5.78 Å². The van der Waals surface area contributed by atoms with Crippen LogP contribution in [0.3, 0.4) is 0 Å². The third kappa shape index (κ3) is 3.64. The first-order chi connectivity index (χ1) is 9.56. The van der Waals surface area contributed by atoms with Crippen molar-refractivity contribution in [1.29, 1.82) is 0 Å². The van der Waals surface area contributed by atoms with E-state index in [1.165, 1.54) is 6.92 Å². The molecule has 1 heterocycles. The SMILES string of the molecule is CC(=O)c1cccc(NC(=S)NCc2ccnn2C)c1. The fraction of sp³-hybridized carbons (Fsp3) is 0.214. The molecule has 20 heavy (non-hydrogen) atoms. The Balaban J connectivity index is 1.93. The molecule has 1 aromatic carbocycles. The number of anilines is 1. The second-order valence-electron chi connectivity index (χ2n) is 4.39. The van der Waals surface area contributed by atoms with Gasteiger partial charge in [0.15, 0.2) is 10.9 Å². The van der Waals surface area contributed by atoms with Gasteiger partial charge in [-0.25, -0.2) is 0 Å². The summed E-state index contributed by atoms with van der Waals surface area (Å²) in [5.41, 5.74) is 2.48. The average Bonchev–Trinajstić information content (AvgIpc) is 2.82. The summed E-state index contributed by atoms with van der Waals surface area (Å²) in [5, 5.41) is 10.7. The zero-order valence-electron chi connectivity index (χ0n) is 11.4. The summed E-state index contributed by atoms with van der Waals surface area (Å²) in [5.74, 6) is 0.0300. The van der Waals surface area contributed by atoms with Crippen LogP contribution in [-0.4, -0.2) is 20.7 Å². The molecule has 0 amide bonds. The van der Waals surface area contributed by atoms with E-state index in [4.69, 9.17) is 12.2 Å². The van der Waals surface area contributed by atoms with Gasteiger partial charge in [-0.2, -0.15) is 5.10 Å². The maximum atomic E-state index is 11.3. The molecule has 0 saturated carbocycles. The highest BCUT2D eigenvalue weighted by atomic mass is 32.1. The van der Waals surface area contributed by atoms with Crippen LogP contribution in [0.4, 0.5) is 5.69 Å². The van der Waals surface area contributed by atoms with Crippen molar-refractivity contribution in [2.45, 2.75) is 13.5 Å². The van der Waals surface area contributed by atoms with Crippen LogP contribution in [0.15, 0.2) is 36.5 Å². The van der Waals surface area contributed by atoms with Crippen molar-refractivity contribution in [1.82, 2.24) is 15.1 Å². The van der Waals surface area contributed by atoms with Gasteiger partial charge in [-0.1, -0.05) is 12.1 Å². The van der Waals surface area contributed by atoms with E-state index < -0.39 is 0 Å². The highest BCUT2D eigenvalue weighted by Crippen LogP contribution is 2.11. The molecule has 1 aromatic heterocycles. The normalized spacial score (nSPS) is 10.1. The molecule has 2 aromatic rings. The predicted molar refractivity (Wildman–Crippen MR) is 82.7 cm³/mol. The maximum absolute atomic E-state index is 11.3. The Morgan fingerprint density at radius 2 is 2.20 bits per heavy atom. The van der Waals surface area contributed by atoms with Crippen LogP contribution in [0.1, 0.15) is 23.0 Å². The van der Waals surface area contributed by atoms with Crippen LogP contribution in [0, 0.1) is 0 Å². The van der Waals surface area contributed by atoms with Crippen LogP contribution in [-0.2, 0) is 13.6 Å². The van der Waals surface area contributed by atoms with E-state index in [2.05, 4.69) is 15.7 Å². The van der Waals surface area contributed by atoms with Gasteiger partial charge in [0.2, 0.25) is 0 Å². The molecule has 5 nitrogen and oxygen atoms in total. The number of hydrogen-bond donors (Lipinski definition) is 2. The molecule has 0 radical (unpaired) electrons. The first kappa shape index (κ1) is 14.2. The standard InChI is InChI=1S/C14H16N4OS/c1-10(19)11-4-3-5-12(8-11)17-14(20)15-9-13-6-7-16-18(13)2/h3-8H,9H2,1-2H3,(H2,15,17,20). The van der Waals surface area contributed by atoms with Gasteiger partial charge in [-0.3, -0.25) is 9.48 Å². The van der Waals surface area contributed by atoms with Crippen LogP contribution in [0.5, 0.6) is 0 Å². The largest absolute Gasteiger partial charge is 0.357 e. The van der Waals surface area contributed by atoms with Crippen LogP contribution >= 0.6 is 12.2 Å². The molecule has 0 unspecified atom stereocenters. The van der Waals surface area contributed by atoms with Crippen LogP contribution < -0.4 is 10.6 Å². The fourth-order valence-corrected chi connectivity index (χ4v) is 1.93. The van der Waals surface area contributed by atoms with Crippen molar-refractivity contribution in [2.75, 3.05) is 5.32 Å². The number of carbonyl (C=O) groups excluding carboxylic acids is 1. The minimum Gasteiger partial charge on any atom is -0.357 e. The number of benzene rings is 1. The van der Waals surface area contributed by atoms with Crippen molar-refractivity contribution in [3.8, 4) is 0 Å². The lowest BCUT2D eigenvalue weighted by molar-refractivity contribution is 0.101. The van der Waals surface area contributed by atoms with E-state index in [1.807, 2.05) is 25.2 Å². The highest BCUT2D eigenvalue weighted by molar-refractivity contribution is 7.80. The van der Waals surface area contributed by atoms with Gasteiger partial charge in [0.1, 0.15) is 0 Å². The Hall–Kier alpha value is -2.21. The zero-order valence-corrected chi connectivity index (χ0v) is 12.2. The van der Waals surface area contributed by atoms with E-state index in [1.54, 1.807) is 23.0 Å². The van der Waals surface area contributed by atoms with E-state index in [9.17, 15) is 4.79 Å². The molecular formula is C14H16N4OS. The molecule has 104 valence electrons. The molecule has 0 aliphatic heterocycles. The van der Waals surface area contributed by atoms with Gasteiger partial charge in [-0.05, 0) is 37.3 Å². The van der Waals surface area contributed by atoms with Gasteiger partial charge in [0.05, 0.1) is 12.2 Å². The molecule has 0 fully saturated rings. The van der Waals surface area contributed by atoms with Gasteiger partial charge < -0.3 is 10.6 Å². The lowest BCUT2D eigenvalue weighted by Crippen LogP contribution is -2.28. The number of hydrogen-bond acceptors (Lipinski definition) is 3. The second-order valence-corrected chi connectivity index (χ2v) is 4.80. The van der Waals surface area contributed by atoms with E-state index in [0.29, 0.717) is 17.2 Å². The van der Waals surface area contributed by atoms with Gasteiger partial charge in [0, 0.05) is 24.5 Å². The van der Waals surface area contributed by atoms with Crippen molar-refractivity contribution < 1.29 is 4.79 Å². The van der Waals surface area contributed by atoms with Crippen molar-refractivity contribution in [3.63, 3.8) is 0 Å². The molecule has 0 atom stereocenters. The number of rotatable bonds is 4. The number of aryl methyl sites for hydroxylation is 1. The Morgan fingerprint density at radius 1 is 1.40 bits per heavy atom. The van der Waals surface area contributed by atoms with Crippen molar-refractivity contribution in [3.05, 3.63) is 47.8 Å². The summed E-state index contributed by atoms with van der Waals surface area (Å²) in [6, 6.07) is 9.17. The number of ketones is 1. The van der Waals surface area contributed by atoms with Crippen molar-refractivity contribution >= 4 is 28.8 Å². The Kier molecular flexibility index (Phi) is 4.47. The van der Waals surface area contributed by atoms with E-state index in [0.717, 1.165) is 11.4 Å². The predicted octanol–water partition coefficient (Wildman–Crippen LogP) is 2.11. The number of Topliss-reactive ketones (excluding diaryl/α,β-unsaturated/α-hetero) is 1. The number of nitrogens with zero attached hydrogens (tertiary/aromatic N) is 2. The van der Waals surface area contributed by atoms with Crippen LogP contribution in [0.2, 0.25) is 0 Å². The summed E-state index contributed by atoms with van der Waals surface area (Å²) < 4.78 is 1.78. The van der Waals surface area contributed by atoms with E-state index >= 15 is 0 Å². The minimum atomic E-state index is 0.0300. The molecular weight excluding hydrogens is 272 g/mol. The smallest absolute Gasteiger partial charge is 0.171 e. The molecule has 2 rings (SSSR count). The minimum absolute atomic E-state index is 0.0300. The summed E-state index contributed by atoms with van der Waals surface area (Å²) in [4.78, 5) is 11.3. The zero-order chi connectivity index (χ0) is 14.5. The molecule has 0 bridgehead atoms. The summed E-state index contributed by atoms with van der Waals surface area (Å²) in [7, 11) is 1.88. The van der Waals surface area contributed by atoms with Crippen molar-refractivity contribution in [2.24, 2.45) is 7.05 Å². The first-order valence-electron chi connectivity index (χ1n) is 6.19. The van der Waals surface area contributed by atoms with Gasteiger partial charge in [0.25, 0.3) is 0 Å². The first-order valence-corrected chi connectivity index (χ1v) is 6.60. The number of thiocarbonyl (C=S) groups is 1. The molecule has 0 aliphatic carbocycles. The Labute approximate surface area is 123 Å². The monoisotopic (exact) mass is 288 g/mol. The quantitative estimate of drug-likeness (QED) is 0.666. The average molecular weight is 288 g/mol. The highest BCUT2D eigenvalue weighted by Gasteiger charge is 2.03. The summed E-state index contributed by atoms with van der Waals surface area (Å²) in [6.07, 6.45) is 1.74. The van der Waals surface area contributed by atoms with Gasteiger partial charge >= 0.3 is 0 Å². The Morgan fingerprint density at radius 3 is 2.85 bits per heavy atom. The molecule has 6 heteroatoms. The second kappa shape index (κ2) is 6.29. The third-order valence-electron chi connectivity index (χ3n) is 2.88. The molecule has 0 saturated heterocycles. The Bertz CT molecular complexity index is 636. The topological polar surface area (TPSA) is 59.0 Å². The molecule has 2 N–H and O–H groups in total. The molecule has 0 aliphatic rings. The van der Waals surface area contributed by atoms with Crippen LogP contribution in [0.25, 0.3) is 0 Å².